The van der Waals surface area contributed by atoms with Crippen LogP contribution in [0.2, 0.25) is 0 Å². The summed E-state index contributed by atoms with van der Waals surface area (Å²) in [5.74, 6) is -2.42. The van der Waals surface area contributed by atoms with Gasteiger partial charge in [-0.25, -0.2) is 4.79 Å². The lowest BCUT2D eigenvalue weighted by molar-refractivity contribution is -0.187. The Morgan fingerprint density at radius 3 is 2.42 bits per heavy atom. The molecule has 6 heteroatoms. The largest absolute Gasteiger partial charge is 0.451 e. The van der Waals surface area contributed by atoms with Crippen molar-refractivity contribution >= 4 is 11.8 Å². The molecule has 3 atom stereocenters. The standard InChI is InChI=1S/C6H8O6/c7-1-2-3(8)4(9)5(10)6(11)12-2/h2-4,7-9H,1H2. The Kier molecular flexibility index (Phi) is 2.41. The molecular weight excluding hydrogens is 168 g/mol. The molecule has 0 saturated carbocycles. The number of ketones is 1. The van der Waals surface area contributed by atoms with Crippen LogP contribution >= 0.6 is 0 Å². The van der Waals surface area contributed by atoms with E-state index in [-0.39, 0.29) is 0 Å². The fourth-order valence-electron chi connectivity index (χ4n) is 0.890. The molecule has 0 radical (unpaired) electrons. The van der Waals surface area contributed by atoms with Crippen molar-refractivity contribution in [1.29, 1.82) is 0 Å². The van der Waals surface area contributed by atoms with Crippen molar-refractivity contribution in [2.24, 2.45) is 0 Å². The number of aliphatic hydroxyl groups is 3. The predicted octanol–water partition coefficient (Wildman–Crippen LogP) is -2.81. The van der Waals surface area contributed by atoms with Crippen LogP contribution in [0.3, 0.4) is 0 Å². The second-order valence-corrected chi connectivity index (χ2v) is 2.43. The molecule has 0 aromatic carbocycles. The zero-order valence-electron chi connectivity index (χ0n) is 6.01. The lowest BCUT2D eigenvalue weighted by atomic mass is 10.0. The molecule has 12 heavy (non-hydrogen) atoms. The number of aliphatic hydroxyl groups excluding tert-OH is 3. The van der Waals surface area contributed by atoms with E-state index in [1.807, 2.05) is 0 Å². The Hall–Kier alpha value is -0.980. The van der Waals surface area contributed by atoms with Crippen molar-refractivity contribution < 1.29 is 29.6 Å². The number of esters is 1. The SMILES string of the molecule is O=C1OC(CO)C(O)C(O)C1=O. The van der Waals surface area contributed by atoms with Crippen LogP contribution in [0.25, 0.3) is 0 Å². The lowest BCUT2D eigenvalue weighted by Crippen LogP contribution is -2.54. The first-order valence-electron chi connectivity index (χ1n) is 3.29. The summed E-state index contributed by atoms with van der Waals surface area (Å²) in [4.78, 5) is 21.2. The minimum atomic E-state index is -1.79. The summed E-state index contributed by atoms with van der Waals surface area (Å²) >= 11 is 0. The van der Waals surface area contributed by atoms with Crippen LogP contribution in [0.1, 0.15) is 0 Å². The van der Waals surface area contributed by atoms with E-state index in [1.165, 1.54) is 0 Å². The molecule has 1 aliphatic rings. The molecule has 1 aliphatic heterocycles. The molecule has 0 amide bonds. The number of carbonyl (C=O) groups is 2. The van der Waals surface area contributed by atoms with Gasteiger partial charge in [0.15, 0.2) is 12.2 Å². The average Bonchev–Trinajstić information content (AvgIpc) is 2.08. The molecule has 0 aromatic rings. The molecule has 1 rings (SSSR count). The zero-order valence-corrected chi connectivity index (χ0v) is 6.01. The van der Waals surface area contributed by atoms with Gasteiger partial charge in [-0.3, -0.25) is 4.79 Å². The second-order valence-electron chi connectivity index (χ2n) is 2.43. The van der Waals surface area contributed by atoms with E-state index in [2.05, 4.69) is 4.74 Å². The van der Waals surface area contributed by atoms with Gasteiger partial charge in [-0.1, -0.05) is 0 Å². The minimum Gasteiger partial charge on any atom is -0.451 e. The fraction of sp³-hybridized carbons (Fsp3) is 0.667. The van der Waals surface area contributed by atoms with Gasteiger partial charge in [0, 0.05) is 0 Å². The second kappa shape index (κ2) is 3.18. The summed E-state index contributed by atoms with van der Waals surface area (Å²) in [7, 11) is 0. The number of ether oxygens (including phenoxy) is 1. The van der Waals surface area contributed by atoms with E-state index in [4.69, 9.17) is 15.3 Å². The van der Waals surface area contributed by atoms with Gasteiger partial charge in [0.1, 0.15) is 6.10 Å². The first-order valence-corrected chi connectivity index (χ1v) is 3.29. The molecule has 6 nitrogen and oxygen atoms in total. The summed E-state index contributed by atoms with van der Waals surface area (Å²) in [6, 6.07) is 0. The summed E-state index contributed by atoms with van der Waals surface area (Å²) in [6.07, 6.45) is -4.55. The summed E-state index contributed by atoms with van der Waals surface area (Å²) < 4.78 is 4.28. The van der Waals surface area contributed by atoms with Crippen molar-refractivity contribution in [2.45, 2.75) is 18.3 Å². The first-order chi connectivity index (χ1) is 5.57. The van der Waals surface area contributed by atoms with Crippen molar-refractivity contribution in [2.75, 3.05) is 6.61 Å². The molecule has 3 unspecified atom stereocenters. The van der Waals surface area contributed by atoms with Crippen molar-refractivity contribution in [3.63, 3.8) is 0 Å². The van der Waals surface area contributed by atoms with Gasteiger partial charge in [0.25, 0.3) is 5.78 Å². The monoisotopic (exact) mass is 176 g/mol. The van der Waals surface area contributed by atoms with Crippen molar-refractivity contribution in [3.05, 3.63) is 0 Å². The van der Waals surface area contributed by atoms with Crippen molar-refractivity contribution in [3.8, 4) is 0 Å². The third kappa shape index (κ3) is 1.31. The minimum absolute atomic E-state index is 0.628. The Balaban J connectivity index is 2.77. The molecule has 0 spiro atoms. The van der Waals surface area contributed by atoms with Gasteiger partial charge in [-0.15, -0.1) is 0 Å². The maximum atomic E-state index is 10.6. The molecule has 0 aliphatic carbocycles. The van der Waals surface area contributed by atoms with Gasteiger partial charge in [-0.2, -0.15) is 0 Å². The molecule has 0 aromatic heterocycles. The molecule has 68 valence electrons. The summed E-state index contributed by atoms with van der Waals surface area (Å²) in [5, 5.41) is 26.4. The topological polar surface area (TPSA) is 104 Å². The molecular formula is C6H8O6. The third-order valence-electron chi connectivity index (χ3n) is 1.61. The Morgan fingerprint density at radius 1 is 1.33 bits per heavy atom. The molecule has 3 N–H and O–H groups in total. The van der Waals surface area contributed by atoms with Gasteiger partial charge in [-0.05, 0) is 0 Å². The van der Waals surface area contributed by atoms with Gasteiger partial charge in [0.05, 0.1) is 6.61 Å². The third-order valence-corrected chi connectivity index (χ3v) is 1.61. The van der Waals surface area contributed by atoms with Crippen LogP contribution in [-0.4, -0.2) is 52.0 Å². The number of cyclic esters (lactones) is 1. The van der Waals surface area contributed by atoms with Crippen molar-refractivity contribution in [1.82, 2.24) is 0 Å². The van der Waals surface area contributed by atoms with Crippen LogP contribution in [0.4, 0.5) is 0 Å². The predicted molar refractivity (Wildman–Crippen MR) is 34.0 cm³/mol. The van der Waals surface area contributed by atoms with Gasteiger partial charge >= 0.3 is 5.97 Å². The Labute approximate surface area is 67.4 Å². The lowest BCUT2D eigenvalue weighted by Gasteiger charge is -2.28. The normalized spacial score (nSPS) is 36.4. The van der Waals surface area contributed by atoms with Crippen LogP contribution < -0.4 is 0 Å². The van der Waals surface area contributed by atoms with Crippen LogP contribution in [0.15, 0.2) is 0 Å². The van der Waals surface area contributed by atoms with Crippen LogP contribution in [0, 0.1) is 0 Å². The number of hydrogen-bond donors (Lipinski definition) is 3. The maximum Gasteiger partial charge on any atom is 0.378 e. The van der Waals surface area contributed by atoms with Crippen LogP contribution in [0.5, 0.6) is 0 Å². The average molecular weight is 176 g/mol. The first kappa shape index (κ1) is 9.11. The van der Waals surface area contributed by atoms with E-state index in [0.29, 0.717) is 0 Å². The fourth-order valence-corrected chi connectivity index (χ4v) is 0.890. The van der Waals surface area contributed by atoms with E-state index in [0.717, 1.165) is 0 Å². The summed E-state index contributed by atoms with van der Waals surface area (Å²) in [5.41, 5.74) is 0. The molecule has 1 heterocycles. The van der Waals surface area contributed by atoms with E-state index in [1.54, 1.807) is 0 Å². The smallest absolute Gasteiger partial charge is 0.378 e. The highest BCUT2D eigenvalue weighted by molar-refractivity contribution is 6.36. The molecule has 1 saturated heterocycles. The highest BCUT2D eigenvalue weighted by Gasteiger charge is 2.43. The highest BCUT2D eigenvalue weighted by Crippen LogP contribution is 2.12. The van der Waals surface area contributed by atoms with E-state index < -0.39 is 36.7 Å². The number of carbonyl (C=O) groups excluding carboxylic acids is 2. The maximum absolute atomic E-state index is 10.6. The quantitative estimate of drug-likeness (QED) is 0.294. The number of rotatable bonds is 1. The highest BCUT2D eigenvalue weighted by atomic mass is 16.6. The van der Waals surface area contributed by atoms with E-state index >= 15 is 0 Å². The van der Waals surface area contributed by atoms with Gasteiger partial charge in [0.2, 0.25) is 0 Å². The molecule has 0 bridgehead atoms. The summed E-state index contributed by atoms with van der Waals surface area (Å²) in [6.45, 7) is -0.628. The zero-order chi connectivity index (χ0) is 9.30. The Bertz CT molecular complexity index is 212. The van der Waals surface area contributed by atoms with E-state index in [9.17, 15) is 9.59 Å². The van der Waals surface area contributed by atoms with Crippen LogP contribution in [-0.2, 0) is 14.3 Å². The Morgan fingerprint density at radius 2 is 1.92 bits per heavy atom. The molecule has 1 fully saturated rings. The number of hydrogen-bond acceptors (Lipinski definition) is 6. The number of Topliss-reactive ketones (excluding diaryl/α,β-unsaturated/α-hetero) is 1. The van der Waals surface area contributed by atoms with Gasteiger partial charge < -0.3 is 20.1 Å².